The second-order valence-corrected chi connectivity index (χ2v) is 8.69. The molecular weight excluding hydrogens is 376 g/mol. The summed E-state index contributed by atoms with van der Waals surface area (Å²) >= 11 is 0. The van der Waals surface area contributed by atoms with E-state index in [2.05, 4.69) is 10.0 Å². The van der Waals surface area contributed by atoms with Gasteiger partial charge in [0, 0.05) is 24.0 Å². The number of nitrogens with one attached hydrogen (secondary N) is 2. The summed E-state index contributed by atoms with van der Waals surface area (Å²) < 4.78 is 32.8. The molecule has 148 valence electrons. The fourth-order valence-electron chi connectivity index (χ4n) is 3.13. The molecule has 0 saturated heterocycles. The van der Waals surface area contributed by atoms with Crippen molar-refractivity contribution in [3.05, 3.63) is 64.4 Å². The summed E-state index contributed by atoms with van der Waals surface area (Å²) in [5.74, 6) is -0.101. The molecule has 7 heteroatoms. The van der Waals surface area contributed by atoms with Gasteiger partial charge < -0.3 is 9.73 Å². The van der Waals surface area contributed by atoms with Gasteiger partial charge in [-0.05, 0) is 51.0 Å². The lowest BCUT2D eigenvalue weighted by Crippen LogP contribution is -2.34. The maximum Gasteiger partial charge on any atom is 0.287 e. The number of sulfonamides is 1. The SMILES string of the molecule is Cc1ccc(S(=O)(=O)NCCNC(=O)c2oc3c(C)ccc(C)c3c2C)cc1. The average Bonchev–Trinajstić information content (AvgIpc) is 3.01. The second-order valence-electron chi connectivity index (χ2n) is 6.93. The minimum absolute atomic E-state index is 0.0826. The predicted molar refractivity (Wildman–Crippen MR) is 109 cm³/mol. The van der Waals surface area contributed by atoms with Gasteiger partial charge in [0.05, 0.1) is 4.90 Å². The number of rotatable bonds is 6. The molecule has 0 unspecified atom stereocenters. The molecule has 3 rings (SSSR count). The lowest BCUT2D eigenvalue weighted by Gasteiger charge is -2.08. The Labute approximate surface area is 165 Å². The fourth-order valence-corrected chi connectivity index (χ4v) is 4.17. The van der Waals surface area contributed by atoms with Gasteiger partial charge in [-0.15, -0.1) is 0 Å². The lowest BCUT2D eigenvalue weighted by atomic mass is 10.0. The van der Waals surface area contributed by atoms with Crippen LogP contribution in [0.3, 0.4) is 0 Å². The second kappa shape index (κ2) is 7.77. The Bertz CT molecular complexity index is 1130. The largest absolute Gasteiger partial charge is 0.450 e. The Morgan fingerprint density at radius 2 is 1.57 bits per heavy atom. The van der Waals surface area contributed by atoms with Gasteiger partial charge >= 0.3 is 0 Å². The van der Waals surface area contributed by atoms with Crippen LogP contribution in [0.15, 0.2) is 45.7 Å². The van der Waals surface area contributed by atoms with E-state index in [4.69, 9.17) is 4.42 Å². The standard InChI is InChI=1S/C21H24N2O4S/c1-13-5-9-17(10-6-13)28(25,26)23-12-11-22-21(24)20-16(4)18-14(2)7-8-15(3)19(18)27-20/h5-10,23H,11-12H2,1-4H3,(H,22,24). The van der Waals surface area contributed by atoms with Crippen molar-refractivity contribution in [2.24, 2.45) is 0 Å². The Kier molecular flexibility index (Phi) is 5.58. The number of fused-ring (bicyclic) bond motifs is 1. The van der Waals surface area contributed by atoms with Crippen LogP contribution in [0.4, 0.5) is 0 Å². The van der Waals surface area contributed by atoms with Crippen LogP contribution in [0, 0.1) is 27.7 Å². The van der Waals surface area contributed by atoms with Crippen molar-refractivity contribution in [2.45, 2.75) is 32.6 Å². The quantitative estimate of drug-likeness (QED) is 0.621. The van der Waals surface area contributed by atoms with Crippen molar-refractivity contribution in [3.8, 4) is 0 Å². The number of aryl methyl sites for hydroxylation is 4. The minimum atomic E-state index is -3.60. The Morgan fingerprint density at radius 3 is 2.21 bits per heavy atom. The van der Waals surface area contributed by atoms with Gasteiger partial charge in [-0.3, -0.25) is 4.79 Å². The highest BCUT2D eigenvalue weighted by atomic mass is 32.2. The minimum Gasteiger partial charge on any atom is -0.450 e. The van der Waals surface area contributed by atoms with Crippen molar-refractivity contribution in [2.75, 3.05) is 13.1 Å². The zero-order chi connectivity index (χ0) is 20.5. The normalized spacial score (nSPS) is 11.7. The molecule has 0 aliphatic heterocycles. The van der Waals surface area contributed by atoms with Crippen LogP contribution >= 0.6 is 0 Å². The molecule has 0 fully saturated rings. The zero-order valence-electron chi connectivity index (χ0n) is 16.4. The highest BCUT2D eigenvalue weighted by Gasteiger charge is 2.20. The van der Waals surface area contributed by atoms with E-state index < -0.39 is 10.0 Å². The molecular formula is C21H24N2O4S. The summed E-state index contributed by atoms with van der Waals surface area (Å²) in [6.07, 6.45) is 0. The van der Waals surface area contributed by atoms with Gasteiger partial charge in [0.25, 0.3) is 5.91 Å². The van der Waals surface area contributed by atoms with Gasteiger partial charge in [0.15, 0.2) is 5.76 Å². The molecule has 0 radical (unpaired) electrons. The molecule has 0 aliphatic rings. The van der Waals surface area contributed by atoms with E-state index >= 15 is 0 Å². The van der Waals surface area contributed by atoms with Gasteiger partial charge in [-0.1, -0.05) is 29.8 Å². The first kappa shape index (κ1) is 20.1. The third-order valence-corrected chi connectivity index (χ3v) is 6.20. The first-order valence-electron chi connectivity index (χ1n) is 9.04. The van der Waals surface area contributed by atoms with Gasteiger partial charge in [0.2, 0.25) is 10.0 Å². The van der Waals surface area contributed by atoms with Gasteiger partial charge in [-0.2, -0.15) is 0 Å². The number of furan rings is 1. The van der Waals surface area contributed by atoms with Crippen molar-refractivity contribution < 1.29 is 17.6 Å². The predicted octanol–water partition coefficient (Wildman–Crippen LogP) is 3.37. The van der Waals surface area contributed by atoms with Crippen molar-refractivity contribution in [1.82, 2.24) is 10.0 Å². The maximum absolute atomic E-state index is 12.5. The summed E-state index contributed by atoms with van der Waals surface area (Å²) in [6, 6.07) is 10.6. The smallest absolute Gasteiger partial charge is 0.287 e. The highest BCUT2D eigenvalue weighted by molar-refractivity contribution is 7.89. The Morgan fingerprint density at radius 1 is 0.929 bits per heavy atom. The van der Waals surface area contributed by atoms with Gasteiger partial charge in [-0.25, -0.2) is 13.1 Å². The van der Waals surface area contributed by atoms with Gasteiger partial charge in [0.1, 0.15) is 5.58 Å². The van der Waals surface area contributed by atoms with Crippen molar-refractivity contribution in [3.63, 3.8) is 0 Å². The van der Waals surface area contributed by atoms with Crippen molar-refractivity contribution in [1.29, 1.82) is 0 Å². The van der Waals surface area contributed by atoms with Crippen LogP contribution < -0.4 is 10.0 Å². The van der Waals surface area contributed by atoms with E-state index in [1.807, 2.05) is 39.8 Å². The molecule has 0 spiro atoms. The molecule has 28 heavy (non-hydrogen) atoms. The third-order valence-electron chi connectivity index (χ3n) is 4.72. The third kappa shape index (κ3) is 3.95. The highest BCUT2D eigenvalue weighted by Crippen LogP contribution is 2.30. The van der Waals surface area contributed by atoms with E-state index in [0.717, 1.165) is 27.6 Å². The number of hydrogen-bond acceptors (Lipinski definition) is 4. The summed E-state index contributed by atoms with van der Waals surface area (Å²) in [7, 11) is -3.60. The molecule has 2 N–H and O–H groups in total. The Balaban J connectivity index is 1.64. The Hall–Kier alpha value is -2.64. The molecule has 6 nitrogen and oxygen atoms in total. The summed E-state index contributed by atoms with van der Waals surface area (Å²) in [6.45, 7) is 7.89. The topological polar surface area (TPSA) is 88.4 Å². The first-order valence-corrected chi connectivity index (χ1v) is 10.5. The summed E-state index contributed by atoms with van der Waals surface area (Å²) in [5, 5.41) is 3.66. The number of carbonyl (C=O) groups excluding carboxylic acids is 1. The average molecular weight is 401 g/mol. The molecule has 0 saturated carbocycles. The van der Waals surface area contributed by atoms with Crippen LogP contribution in [0.2, 0.25) is 0 Å². The molecule has 2 aromatic carbocycles. The van der Waals surface area contributed by atoms with E-state index in [1.165, 1.54) is 0 Å². The summed E-state index contributed by atoms with van der Waals surface area (Å²) in [4.78, 5) is 12.7. The molecule has 1 heterocycles. The monoisotopic (exact) mass is 400 g/mol. The molecule has 0 aliphatic carbocycles. The summed E-state index contributed by atoms with van der Waals surface area (Å²) in [5.41, 5.74) is 4.50. The molecule has 0 bridgehead atoms. The van der Waals surface area contributed by atoms with Crippen LogP contribution in [0.1, 0.15) is 32.8 Å². The number of carbonyl (C=O) groups is 1. The number of benzene rings is 2. The maximum atomic E-state index is 12.5. The van der Waals surface area contributed by atoms with Crippen molar-refractivity contribution >= 4 is 26.9 Å². The van der Waals surface area contributed by atoms with E-state index in [-0.39, 0.29) is 29.7 Å². The molecule has 1 amide bonds. The number of hydrogen-bond donors (Lipinski definition) is 2. The first-order chi connectivity index (χ1) is 13.2. The van der Waals surface area contributed by atoms with Crippen LogP contribution in [-0.2, 0) is 10.0 Å². The molecule has 0 atom stereocenters. The number of amides is 1. The van der Waals surface area contributed by atoms with E-state index in [0.29, 0.717) is 5.58 Å². The zero-order valence-corrected chi connectivity index (χ0v) is 17.2. The molecule has 3 aromatic rings. The van der Waals surface area contributed by atoms with Crippen LogP contribution in [0.5, 0.6) is 0 Å². The lowest BCUT2D eigenvalue weighted by molar-refractivity contribution is 0.0928. The van der Waals surface area contributed by atoms with E-state index in [1.54, 1.807) is 24.3 Å². The van der Waals surface area contributed by atoms with Crippen LogP contribution in [0.25, 0.3) is 11.0 Å². The fraction of sp³-hybridized carbons (Fsp3) is 0.286. The van der Waals surface area contributed by atoms with Crippen LogP contribution in [-0.4, -0.2) is 27.4 Å². The molecule has 1 aromatic heterocycles. The van der Waals surface area contributed by atoms with E-state index in [9.17, 15) is 13.2 Å².